The van der Waals surface area contributed by atoms with E-state index in [-0.39, 0.29) is 0 Å². The first-order valence-corrected chi connectivity index (χ1v) is 3.49. The van der Waals surface area contributed by atoms with E-state index >= 15 is 0 Å². The van der Waals surface area contributed by atoms with E-state index in [1.807, 2.05) is 5.38 Å². The summed E-state index contributed by atoms with van der Waals surface area (Å²) >= 11 is 4.77. The molecule has 1 aromatic heterocycles. The molecule has 0 saturated heterocycles. The largest absolute Gasteiger partial charge is 0.255 e. The Kier molecular flexibility index (Phi) is 5.21. The Morgan fingerprint density at radius 2 is 2.38 bits per heavy atom. The Balaban J connectivity index is 0.000000222. The highest BCUT2D eigenvalue weighted by Crippen LogP contribution is 2.10. The molecule has 0 amide bonds. The molecule has 0 radical (unpaired) electrons. The number of thiazole rings is 1. The van der Waals surface area contributed by atoms with Gasteiger partial charge in [0.15, 0.2) is 3.92 Å². The summed E-state index contributed by atoms with van der Waals surface area (Å²) in [6.07, 6.45) is 1.76. The first-order valence-electron chi connectivity index (χ1n) is 1.82. The van der Waals surface area contributed by atoms with Crippen LogP contribution in [0.1, 0.15) is 0 Å². The van der Waals surface area contributed by atoms with Gasteiger partial charge in [-0.3, -0.25) is 4.39 Å². The summed E-state index contributed by atoms with van der Waals surface area (Å²) in [5, 5.41) is 1.92. The van der Waals surface area contributed by atoms with E-state index in [9.17, 15) is 4.39 Å². The second kappa shape index (κ2) is 5.18. The molecule has 8 heavy (non-hydrogen) atoms. The van der Waals surface area contributed by atoms with E-state index in [1.165, 1.54) is 0 Å². The third kappa shape index (κ3) is 3.10. The summed E-state index contributed by atoms with van der Waals surface area (Å²) in [4.78, 5) is 3.85. The maximum atomic E-state index is 9.50. The Morgan fingerprint density at radius 3 is 2.50 bits per heavy atom. The van der Waals surface area contributed by atoms with Gasteiger partial charge < -0.3 is 0 Å². The highest BCUT2D eigenvalue weighted by atomic mass is 79.9. The standard InChI is InChI=1S/C3H2BrNS.CH3F/c4-3-5-1-2-6-3;1-2/h1-2H;1H3. The molecule has 0 saturated carbocycles. The van der Waals surface area contributed by atoms with Gasteiger partial charge in [-0.05, 0) is 15.9 Å². The first kappa shape index (κ1) is 8.04. The smallest absolute Gasteiger partial charge is 0.159 e. The first-order chi connectivity index (χ1) is 3.89. The van der Waals surface area contributed by atoms with Crippen molar-refractivity contribution in [2.24, 2.45) is 0 Å². The lowest BCUT2D eigenvalue weighted by atomic mass is 11.0. The van der Waals surface area contributed by atoms with Crippen molar-refractivity contribution in [1.82, 2.24) is 4.98 Å². The third-order valence-electron chi connectivity index (χ3n) is 0.402. The van der Waals surface area contributed by atoms with Crippen molar-refractivity contribution < 1.29 is 4.39 Å². The van der Waals surface area contributed by atoms with Crippen molar-refractivity contribution in [2.75, 3.05) is 7.18 Å². The molecule has 46 valence electrons. The zero-order valence-electron chi connectivity index (χ0n) is 4.27. The summed E-state index contributed by atoms with van der Waals surface area (Å²) in [5.74, 6) is 0. The lowest BCUT2D eigenvalue weighted by molar-refractivity contribution is 0.636. The van der Waals surface area contributed by atoms with Crippen LogP contribution in [0.3, 0.4) is 0 Å². The summed E-state index contributed by atoms with van der Waals surface area (Å²) in [6, 6.07) is 0. The molecule has 0 N–H and O–H groups in total. The summed E-state index contributed by atoms with van der Waals surface area (Å²) in [7, 11) is 0.500. The van der Waals surface area contributed by atoms with Crippen LogP contribution >= 0.6 is 27.3 Å². The van der Waals surface area contributed by atoms with Crippen molar-refractivity contribution in [1.29, 1.82) is 0 Å². The Hall–Kier alpha value is 0.0400. The van der Waals surface area contributed by atoms with Gasteiger partial charge in [-0.15, -0.1) is 11.3 Å². The predicted octanol–water partition coefficient (Wildman–Crippen LogP) is 2.49. The van der Waals surface area contributed by atoms with E-state index in [4.69, 9.17) is 0 Å². The van der Waals surface area contributed by atoms with E-state index in [0.717, 1.165) is 3.92 Å². The lowest BCUT2D eigenvalue weighted by Gasteiger charge is -1.61. The molecular formula is C4H5BrFNS. The van der Waals surface area contributed by atoms with Gasteiger partial charge in [0, 0.05) is 11.6 Å². The van der Waals surface area contributed by atoms with Crippen LogP contribution in [0.2, 0.25) is 0 Å². The van der Waals surface area contributed by atoms with E-state index in [1.54, 1.807) is 17.5 Å². The van der Waals surface area contributed by atoms with E-state index < -0.39 is 0 Å². The van der Waals surface area contributed by atoms with Crippen LogP contribution in [0, 0.1) is 0 Å². The van der Waals surface area contributed by atoms with Crippen molar-refractivity contribution in [2.45, 2.75) is 0 Å². The average molecular weight is 198 g/mol. The minimum atomic E-state index is 0.500. The van der Waals surface area contributed by atoms with Gasteiger partial charge in [0.05, 0.1) is 7.18 Å². The van der Waals surface area contributed by atoms with Gasteiger partial charge in [0.25, 0.3) is 0 Å². The molecule has 0 aliphatic rings. The molecule has 0 bridgehead atoms. The Labute approximate surface area is 59.7 Å². The van der Waals surface area contributed by atoms with E-state index in [0.29, 0.717) is 7.18 Å². The van der Waals surface area contributed by atoms with Crippen molar-refractivity contribution in [3.8, 4) is 0 Å². The quantitative estimate of drug-likeness (QED) is 0.624. The van der Waals surface area contributed by atoms with Crippen LogP contribution in [-0.4, -0.2) is 12.2 Å². The fraction of sp³-hybridized carbons (Fsp3) is 0.250. The summed E-state index contributed by atoms with van der Waals surface area (Å²) < 4.78 is 10.4. The molecule has 0 spiro atoms. The second-order valence-corrected chi connectivity index (χ2v) is 2.96. The van der Waals surface area contributed by atoms with Crippen LogP contribution in [0.5, 0.6) is 0 Å². The van der Waals surface area contributed by atoms with Crippen LogP contribution in [0.25, 0.3) is 0 Å². The van der Waals surface area contributed by atoms with Gasteiger partial charge in [0.1, 0.15) is 0 Å². The minimum Gasteiger partial charge on any atom is -0.255 e. The maximum absolute atomic E-state index is 9.50. The summed E-state index contributed by atoms with van der Waals surface area (Å²) in [5.41, 5.74) is 0. The lowest BCUT2D eigenvalue weighted by Crippen LogP contribution is -1.47. The molecule has 4 heteroatoms. The fourth-order valence-corrected chi connectivity index (χ4v) is 1.00. The molecular weight excluding hydrogens is 193 g/mol. The third-order valence-corrected chi connectivity index (χ3v) is 1.73. The average Bonchev–Trinajstić information content (AvgIpc) is 2.24. The van der Waals surface area contributed by atoms with Gasteiger partial charge >= 0.3 is 0 Å². The number of hydrogen-bond donors (Lipinski definition) is 0. The maximum Gasteiger partial charge on any atom is 0.159 e. The molecule has 1 rings (SSSR count). The van der Waals surface area contributed by atoms with Crippen LogP contribution in [-0.2, 0) is 0 Å². The molecule has 0 aromatic carbocycles. The fourth-order valence-electron chi connectivity index (χ4n) is 0.206. The molecule has 1 heterocycles. The van der Waals surface area contributed by atoms with Gasteiger partial charge in [-0.2, -0.15) is 0 Å². The zero-order valence-corrected chi connectivity index (χ0v) is 6.67. The summed E-state index contributed by atoms with van der Waals surface area (Å²) in [6.45, 7) is 0. The molecule has 0 aliphatic heterocycles. The normalized spacial score (nSPS) is 7.38. The van der Waals surface area contributed by atoms with Gasteiger partial charge in [0.2, 0.25) is 0 Å². The van der Waals surface area contributed by atoms with Crippen molar-refractivity contribution in [3.05, 3.63) is 15.5 Å². The molecule has 1 aromatic rings. The zero-order chi connectivity index (χ0) is 6.41. The number of aromatic nitrogens is 1. The Morgan fingerprint density at radius 1 is 1.75 bits per heavy atom. The Bertz CT molecular complexity index is 120. The topological polar surface area (TPSA) is 12.9 Å². The SMILES string of the molecule is Brc1nccs1.CF. The number of rotatable bonds is 0. The molecule has 0 atom stereocenters. The van der Waals surface area contributed by atoms with Crippen molar-refractivity contribution in [3.63, 3.8) is 0 Å². The van der Waals surface area contributed by atoms with Crippen LogP contribution < -0.4 is 0 Å². The number of alkyl halides is 1. The van der Waals surface area contributed by atoms with Crippen molar-refractivity contribution >= 4 is 27.3 Å². The highest BCUT2D eigenvalue weighted by molar-refractivity contribution is 9.11. The molecule has 0 unspecified atom stereocenters. The minimum absolute atomic E-state index is 0.500. The predicted molar refractivity (Wildman–Crippen MR) is 36.8 cm³/mol. The van der Waals surface area contributed by atoms with Gasteiger partial charge in [-0.25, -0.2) is 4.98 Å². The van der Waals surface area contributed by atoms with Crippen LogP contribution in [0.15, 0.2) is 15.5 Å². The molecule has 0 fully saturated rings. The van der Waals surface area contributed by atoms with Gasteiger partial charge in [-0.1, -0.05) is 0 Å². The monoisotopic (exact) mass is 197 g/mol. The second-order valence-electron chi connectivity index (χ2n) is 0.785. The highest BCUT2D eigenvalue weighted by Gasteiger charge is 1.79. The number of halogens is 2. The molecule has 1 nitrogen and oxygen atoms in total. The number of nitrogens with zero attached hydrogens (tertiary/aromatic N) is 1. The van der Waals surface area contributed by atoms with Crippen LogP contribution in [0.4, 0.5) is 4.39 Å². The molecule has 0 aliphatic carbocycles. The number of hydrogen-bond acceptors (Lipinski definition) is 2. The van der Waals surface area contributed by atoms with E-state index in [2.05, 4.69) is 20.9 Å².